The van der Waals surface area contributed by atoms with Gasteiger partial charge in [0.2, 0.25) is 5.82 Å². The zero-order valence-corrected chi connectivity index (χ0v) is 26.1. The summed E-state index contributed by atoms with van der Waals surface area (Å²) in [7, 11) is 4.90. The van der Waals surface area contributed by atoms with Gasteiger partial charge >= 0.3 is 6.09 Å². The van der Waals surface area contributed by atoms with Gasteiger partial charge in [0.05, 0.1) is 4.88 Å². The number of anilines is 2. The van der Waals surface area contributed by atoms with E-state index < -0.39 is 17.6 Å². The van der Waals surface area contributed by atoms with Crippen LogP contribution in [-0.4, -0.2) is 49.3 Å². The lowest BCUT2D eigenvalue weighted by molar-refractivity contribution is 0.0634. The summed E-state index contributed by atoms with van der Waals surface area (Å²) in [6.07, 6.45) is 2.63. The third-order valence-corrected chi connectivity index (χ3v) is 9.69. The molecule has 10 nitrogen and oxygen atoms in total. The van der Waals surface area contributed by atoms with Crippen LogP contribution in [0.15, 0.2) is 59.9 Å². The third-order valence-electron chi connectivity index (χ3n) is 5.37. The number of carbonyl (C=O) groups excluding carboxylic acids is 3. The van der Waals surface area contributed by atoms with Crippen molar-refractivity contribution in [2.75, 3.05) is 17.2 Å². The smallest absolute Gasteiger partial charge is 0.413 e. The highest BCUT2D eigenvalue weighted by Crippen LogP contribution is 2.39. The monoisotopic (exact) mass is 612 g/mol. The Labute approximate surface area is 250 Å². The minimum absolute atomic E-state index is 0.114. The number of nitrogens with zero attached hydrogens (tertiary/aromatic N) is 3. The van der Waals surface area contributed by atoms with Gasteiger partial charge in [0.1, 0.15) is 10.6 Å². The van der Waals surface area contributed by atoms with Crippen LogP contribution < -0.4 is 16.0 Å². The number of aryl methyl sites for hydroxylation is 1. The molecule has 0 spiro atoms. The van der Waals surface area contributed by atoms with Crippen LogP contribution in [0.25, 0.3) is 10.1 Å². The minimum Gasteiger partial charge on any atom is -0.444 e. The van der Waals surface area contributed by atoms with Gasteiger partial charge < -0.3 is 19.9 Å². The quantitative estimate of drug-likeness (QED) is 0.181. The summed E-state index contributed by atoms with van der Waals surface area (Å²) in [6, 6.07) is 13.1. The molecule has 3 heterocycles. The number of benzene rings is 1. The number of fused-ring (bicyclic) bond motifs is 1. The lowest BCUT2D eigenvalue weighted by Crippen LogP contribution is -2.35. The van der Waals surface area contributed by atoms with Crippen LogP contribution >= 0.6 is 32.9 Å². The molecule has 4 rings (SSSR count). The average Bonchev–Trinajstić information content (AvgIpc) is 3.48. The molecule has 4 aromatic rings. The fourth-order valence-electron chi connectivity index (χ4n) is 3.53. The lowest BCUT2D eigenvalue weighted by atomic mass is 10.2. The maximum absolute atomic E-state index is 12.9. The fourth-order valence-corrected chi connectivity index (χ4v) is 6.57. The van der Waals surface area contributed by atoms with Gasteiger partial charge in [0.15, 0.2) is 5.82 Å². The highest BCUT2D eigenvalue weighted by molar-refractivity contribution is 8.77. The van der Waals surface area contributed by atoms with Crippen molar-refractivity contribution in [2.24, 2.45) is 7.05 Å². The van der Waals surface area contributed by atoms with Crippen LogP contribution in [0.3, 0.4) is 0 Å². The van der Waals surface area contributed by atoms with Gasteiger partial charge in [-0.3, -0.25) is 14.9 Å². The zero-order chi connectivity index (χ0) is 29.8. The number of hydrogen-bond donors (Lipinski definition) is 3. The first kappa shape index (κ1) is 30.4. The summed E-state index contributed by atoms with van der Waals surface area (Å²) in [5, 5.41) is 10.2. The summed E-state index contributed by atoms with van der Waals surface area (Å²) in [6.45, 7) is 9.91. The number of ether oxygens (including phenoxy) is 1. The number of hydrogen-bond acceptors (Lipinski definition) is 9. The molecule has 0 aliphatic heterocycles. The fraction of sp³-hybridized carbons (Fsp3) is 0.321. The van der Waals surface area contributed by atoms with E-state index in [0.29, 0.717) is 17.1 Å². The molecule has 0 unspecified atom stereocenters. The van der Waals surface area contributed by atoms with E-state index in [0.717, 1.165) is 15.1 Å². The molecule has 216 valence electrons. The predicted octanol–water partition coefficient (Wildman–Crippen LogP) is 6.58. The van der Waals surface area contributed by atoms with Crippen LogP contribution in [0.5, 0.6) is 0 Å². The molecule has 13 heteroatoms. The zero-order valence-electron chi connectivity index (χ0n) is 23.6. The van der Waals surface area contributed by atoms with Gasteiger partial charge in [-0.15, -0.1) is 11.3 Å². The number of thiophene rings is 1. The highest BCUT2D eigenvalue weighted by Gasteiger charge is 2.23. The summed E-state index contributed by atoms with van der Waals surface area (Å²) in [5.41, 5.74) is -0.101. The Morgan fingerprint density at radius 1 is 1.02 bits per heavy atom. The van der Waals surface area contributed by atoms with E-state index in [4.69, 9.17) is 4.74 Å². The summed E-state index contributed by atoms with van der Waals surface area (Å²) in [4.78, 5) is 47.0. The lowest BCUT2D eigenvalue weighted by Gasteiger charge is -2.23. The van der Waals surface area contributed by atoms with E-state index in [2.05, 4.69) is 39.8 Å². The summed E-state index contributed by atoms with van der Waals surface area (Å²) in [5.74, 6) is -0.275. The standard InChI is InChI=1S/C28H32N6O4S3/c1-27(2,3)38-26(37)33-21-15-34(6)23(32-21)25(36)31-18-10-11-19-17(13-18)14-20(39-19)24(35)30-16-28(4,5)41-40-22-9-7-8-12-29-22/h7-15H,16H2,1-6H3,(H,30,35)(H,31,36)(H,33,37). The van der Waals surface area contributed by atoms with Crippen molar-refractivity contribution in [3.8, 4) is 0 Å². The van der Waals surface area contributed by atoms with E-state index in [9.17, 15) is 14.4 Å². The predicted molar refractivity (Wildman–Crippen MR) is 167 cm³/mol. The first-order valence-electron chi connectivity index (χ1n) is 12.7. The van der Waals surface area contributed by atoms with Crippen LogP contribution in [0, 0.1) is 0 Å². The maximum Gasteiger partial charge on any atom is 0.413 e. The van der Waals surface area contributed by atoms with Crippen LogP contribution in [0.1, 0.15) is 54.9 Å². The van der Waals surface area contributed by atoms with Gasteiger partial charge in [0, 0.05) is 41.1 Å². The largest absolute Gasteiger partial charge is 0.444 e. The molecule has 0 aliphatic rings. The number of nitrogens with one attached hydrogen (secondary N) is 3. The van der Waals surface area contributed by atoms with Crippen molar-refractivity contribution in [1.29, 1.82) is 0 Å². The average molecular weight is 613 g/mol. The Kier molecular flexibility index (Phi) is 9.30. The van der Waals surface area contributed by atoms with Gasteiger partial charge in [-0.25, -0.2) is 14.8 Å². The molecule has 3 aromatic heterocycles. The topological polar surface area (TPSA) is 127 Å². The summed E-state index contributed by atoms with van der Waals surface area (Å²) >= 11 is 1.39. The molecule has 1 aromatic carbocycles. The molecule has 0 fully saturated rings. The Morgan fingerprint density at radius 3 is 2.51 bits per heavy atom. The van der Waals surface area contributed by atoms with Crippen molar-refractivity contribution in [3.63, 3.8) is 0 Å². The molecule has 0 atom stereocenters. The maximum atomic E-state index is 12.9. The van der Waals surface area contributed by atoms with E-state index >= 15 is 0 Å². The number of carbonyl (C=O) groups is 3. The second-order valence-electron chi connectivity index (χ2n) is 10.8. The van der Waals surface area contributed by atoms with Gasteiger partial charge in [-0.2, -0.15) is 0 Å². The first-order chi connectivity index (χ1) is 19.3. The Bertz CT molecular complexity index is 1560. The Hall–Kier alpha value is -3.55. The van der Waals surface area contributed by atoms with E-state index in [1.165, 1.54) is 22.1 Å². The van der Waals surface area contributed by atoms with Crippen LogP contribution in [-0.2, 0) is 11.8 Å². The number of imidazole rings is 1. The molecule has 41 heavy (non-hydrogen) atoms. The van der Waals surface area contributed by atoms with Gasteiger partial charge in [-0.05, 0) is 87.2 Å². The first-order valence-corrected chi connectivity index (χ1v) is 15.7. The highest BCUT2D eigenvalue weighted by atomic mass is 33.1. The van der Waals surface area contributed by atoms with Crippen molar-refractivity contribution < 1.29 is 19.1 Å². The van der Waals surface area contributed by atoms with Crippen LogP contribution in [0.2, 0.25) is 0 Å². The molecule has 3 N–H and O–H groups in total. The number of rotatable bonds is 9. The second kappa shape index (κ2) is 12.5. The molecular weight excluding hydrogens is 581 g/mol. The van der Waals surface area contributed by atoms with Crippen molar-refractivity contribution in [2.45, 2.75) is 50.0 Å². The van der Waals surface area contributed by atoms with Crippen molar-refractivity contribution >= 4 is 72.4 Å². The van der Waals surface area contributed by atoms with Gasteiger partial charge in [0.25, 0.3) is 11.8 Å². The molecule has 0 bridgehead atoms. The van der Waals surface area contributed by atoms with Gasteiger partial charge in [-0.1, -0.05) is 16.9 Å². The normalized spacial score (nSPS) is 11.8. The molecule has 0 saturated carbocycles. The number of amides is 3. The van der Waals surface area contributed by atoms with Crippen molar-refractivity contribution in [3.05, 3.63) is 65.6 Å². The van der Waals surface area contributed by atoms with E-state index in [1.807, 2.05) is 36.4 Å². The number of aromatic nitrogens is 3. The number of pyridine rings is 1. The molecular formula is C28H32N6O4S3. The molecule has 0 radical (unpaired) electrons. The molecule has 0 aliphatic carbocycles. The third kappa shape index (κ3) is 8.72. The SMILES string of the molecule is Cn1cc(NC(=O)OC(C)(C)C)nc1C(=O)Nc1ccc2sc(C(=O)NCC(C)(C)SSc3ccccn3)cc2c1. The Balaban J connectivity index is 1.35. The molecule has 0 saturated heterocycles. The molecule has 3 amide bonds. The second-order valence-corrected chi connectivity index (χ2v) is 14.7. The van der Waals surface area contributed by atoms with E-state index in [1.54, 1.807) is 61.7 Å². The minimum atomic E-state index is -0.658. The van der Waals surface area contributed by atoms with Crippen molar-refractivity contribution in [1.82, 2.24) is 19.9 Å². The Morgan fingerprint density at radius 2 is 1.80 bits per heavy atom. The van der Waals surface area contributed by atoms with E-state index in [-0.39, 0.29) is 22.3 Å². The summed E-state index contributed by atoms with van der Waals surface area (Å²) < 4.78 is 7.47. The van der Waals surface area contributed by atoms with Crippen LogP contribution in [0.4, 0.5) is 16.3 Å².